The first-order chi connectivity index (χ1) is 10.9. The van der Waals surface area contributed by atoms with Crippen LogP contribution in [0.15, 0.2) is 18.2 Å². The number of hydrogen-bond acceptors (Lipinski definition) is 3. The quantitative estimate of drug-likeness (QED) is 0.766. The molecule has 0 amide bonds. The largest absolute Gasteiger partial charge is 0.315 e. The zero-order chi connectivity index (χ0) is 17.0. The fraction of sp³-hybridized carbons (Fsp3) is 0.600. The lowest BCUT2D eigenvalue weighted by Crippen LogP contribution is -2.48. The summed E-state index contributed by atoms with van der Waals surface area (Å²) < 4.78 is 42.4. The van der Waals surface area contributed by atoms with Gasteiger partial charge >= 0.3 is 0 Å². The maximum absolute atomic E-state index is 13.9. The third kappa shape index (κ3) is 4.80. The van der Waals surface area contributed by atoms with Crippen molar-refractivity contribution in [2.24, 2.45) is 0 Å². The van der Waals surface area contributed by atoms with Crippen LogP contribution in [0.4, 0.5) is 4.39 Å². The van der Waals surface area contributed by atoms with Gasteiger partial charge in [0.2, 0.25) is 0 Å². The molecule has 1 N–H and O–H groups in total. The van der Waals surface area contributed by atoms with E-state index in [0.29, 0.717) is 13.1 Å². The minimum absolute atomic E-state index is 0. The molecule has 1 unspecified atom stereocenters. The van der Waals surface area contributed by atoms with Crippen molar-refractivity contribution in [3.8, 4) is 0 Å². The van der Waals surface area contributed by atoms with Crippen LogP contribution < -0.4 is 5.32 Å². The van der Waals surface area contributed by atoms with Gasteiger partial charge in [-0.1, -0.05) is 24.6 Å². The number of hydrogen-bond donors (Lipinski definition) is 1. The monoisotopic (exact) mass is 399 g/mol. The summed E-state index contributed by atoms with van der Waals surface area (Å²) in [5.41, 5.74) is 0.196. The maximum atomic E-state index is 13.9. The molecule has 0 aliphatic carbocycles. The van der Waals surface area contributed by atoms with E-state index in [1.54, 1.807) is 6.07 Å². The fourth-order valence-corrected chi connectivity index (χ4v) is 4.60. The summed E-state index contributed by atoms with van der Waals surface area (Å²) in [5, 5.41) is 3.42. The number of halogens is 3. The molecule has 1 atom stereocenters. The Bertz CT molecular complexity index is 619. The van der Waals surface area contributed by atoms with E-state index in [1.165, 1.54) is 27.8 Å². The second-order valence-corrected chi connectivity index (χ2v) is 8.12. The molecule has 138 valence electrons. The van der Waals surface area contributed by atoms with Gasteiger partial charge in [0.15, 0.2) is 0 Å². The standard InChI is InChI=1S/C15H23ClFN3O2S.ClH/c1-3-9-20(12-7-8-18-10-12)23(21,22)19(2)11-13-14(16)5-4-6-15(13)17;/h4-6,12,18H,3,7-11H2,1-2H3;1H. The Morgan fingerprint density at radius 2 is 2.12 bits per heavy atom. The van der Waals surface area contributed by atoms with E-state index in [4.69, 9.17) is 11.6 Å². The molecule has 1 aromatic carbocycles. The van der Waals surface area contributed by atoms with Gasteiger partial charge < -0.3 is 5.32 Å². The number of nitrogens with zero attached hydrogens (tertiary/aromatic N) is 2. The highest BCUT2D eigenvalue weighted by atomic mass is 35.5. The van der Waals surface area contributed by atoms with Crippen molar-refractivity contribution in [1.82, 2.24) is 13.9 Å². The predicted octanol–water partition coefficient (Wildman–Crippen LogP) is 2.65. The summed E-state index contributed by atoms with van der Waals surface area (Å²) in [6, 6.07) is 4.29. The van der Waals surface area contributed by atoms with E-state index in [2.05, 4.69) is 5.32 Å². The summed E-state index contributed by atoms with van der Waals surface area (Å²) in [6.07, 6.45) is 1.51. The lowest BCUT2D eigenvalue weighted by molar-refractivity contribution is 0.301. The lowest BCUT2D eigenvalue weighted by atomic mass is 10.2. The molecule has 1 aromatic rings. The SMILES string of the molecule is CCCN(C1CCNC1)S(=O)(=O)N(C)Cc1c(F)cccc1Cl.Cl. The van der Waals surface area contributed by atoms with Crippen LogP contribution in [0.25, 0.3) is 0 Å². The van der Waals surface area contributed by atoms with E-state index >= 15 is 0 Å². The maximum Gasteiger partial charge on any atom is 0.282 e. The first kappa shape index (κ1) is 21.6. The molecule has 0 aromatic heterocycles. The van der Waals surface area contributed by atoms with Gasteiger partial charge in [0.25, 0.3) is 10.2 Å². The van der Waals surface area contributed by atoms with E-state index < -0.39 is 16.0 Å². The molecule has 1 aliphatic rings. The highest BCUT2D eigenvalue weighted by molar-refractivity contribution is 7.86. The van der Waals surface area contributed by atoms with E-state index in [9.17, 15) is 12.8 Å². The van der Waals surface area contributed by atoms with Crippen LogP contribution >= 0.6 is 24.0 Å². The minimum Gasteiger partial charge on any atom is -0.315 e. The number of benzene rings is 1. The molecule has 9 heteroatoms. The summed E-state index contributed by atoms with van der Waals surface area (Å²) in [6.45, 7) is 3.76. The minimum atomic E-state index is -3.68. The third-order valence-corrected chi connectivity index (χ3v) is 6.36. The molecular formula is C15H24Cl2FN3O2S. The zero-order valence-electron chi connectivity index (χ0n) is 13.8. The second kappa shape index (κ2) is 9.31. The smallest absolute Gasteiger partial charge is 0.282 e. The molecule has 24 heavy (non-hydrogen) atoms. The Labute approximate surface area is 154 Å². The number of nitrogens with one attached hydrogen (secondary N) is 1. The molecule has 2 rings (SSSR count). The van der Waals surface area contributed by atoms with Crippen molar-refractivity contribution in [1.29, 1.82) is 0 Å². The van der Waals surface area contributed by atoms with Crippen molar-refractivity contribution in [2.45, 2.75) is 32.4 Å². The van der Waals surface area contributed by atoms with Crippen LogP contribution in [0.5, 0.6) is 0 Å². The van der Waals surface area contributed by atoms with Gasteiger partial charge in [0.1, 0.15) is 5.82 Å². The van der Waals surface area contributed by atoms with Crippen LogP contribution in [0.3, 0.4) is 0 Å². The molecule has 0 radical (unpaired) electrons. The predicted molar refractivity (Wildman–Crippen MR) is 97.3 cm³/mol. The van der Waals surface area contributed by atoms with Crippen LogP contribution in [-0.4, -0.2) is 49.8 Å². The third-order valence-electron chi connectivity index (χ3n) is 4.02. The molecule has 0 saturated carbocycles. The molecule has 5 nitrogen and oxygen atoms in total. The summed E-state index contributed by atoms with van der Waals surface area (Å²) >= 11 is 6.01. The summed E-state index contributed by atoms with van der Waals surface area (Å²) in [7, 11) is -2.22. The average Bonchev–Trinajstić information content (AvgIpc) is 3.02. The molecule has 1 fully saturated rings. The highest BCUT2D eigenvalue weighted by Crippen LogP contribution is 2.23. The lowest BCUT2D eigenvalue weighted by Gasteiger charge is -2.31. The van der Waals surface area contributed by atoms with Crippen molar-refractivity contribution in [2.75, 3.05) is 26.7 Å². The normalized spacial score (nSPS) is 18.2. The van der Waals surface area contributed by atoms with Gasteiger partial charge in [-0.05, 0) is 31.5 Å². The Hall–Kier alpha value is -0.440. The molecule has 1 heterocycles. The molecular weight excluding hydrogens is 376 g/mol. The Morgan fingerprint density at radius 3 is 2.67 bits per heavy atom. The molecule has 0 bridgehead atoms. The summed E-state index contributed by atoms with van der Waals surface area (Å²) in [5.74, 6) is -0.496. The van der Waals surface area contributed by atoms with E-state index in [0.717, 1.165) is 19.4 Å². The van der Waals surface area contributed by atoms with Gasteiger partial charge in [-0.2, -0.15) is 17.0 Å². The Kier molecular flexibility index (Phi) is 8.38. The van der Waals surface area contributed by atoms with Gasteiger partial charge in [-0.15, -0.1) is 12.4 Å². The molecule has 1 aliphatic heterocycles. The van der Waals surface area contributed by atoms with Gasteiger partial charge in [-0.25, -0.2) is 4.39 Å². The van der Waals surface area contributed by atoms with Gasteiger partial charge in [0.05, 0.1) is 0 Å². The second-order valence-electron chi connectivity index (χ2n) is 5.72. The molecule has 1 saturated heterocycles. The fourth-order valence-electron chi connectivity index (χ4n) is 2.76. The summed E-state index contributed by atoms with van der Waals surface area (Å²) in [4.78, 5) is 0. The Balaban J connectivity index is 0.00000288. The van der Waals surface area contributed by atoms with Crippen molar-refractivity contribution < 1.29 is 12.8 Å². The van der Waals surface area contributed by atoms with Crippen LogP contribution in [0.1, 0.15) is 25.3 Å². The topological polar surface area (TPSA) is 52.7 Å². The number of rotatable bonds is 7. The first-order valence-electron chi connectivity index (χ1n) is 7.74. The zero-order valence-corrected chi connectivity index (χ0v) is 16.2. The average molecular weight is 400 g/mol. The van der Waals surface area contributed by atoms with Crippen molar-refractivity contribution in [3.63, 3.8) is 0 Å². The van der Waals surface area contributed by atoms with E-state index in [1.807, 2.05) is 6.92 Å². The van der Waals surface area contributed by atoms with Gasteiger partial charge in [0, 0.05) is 43.3 Å². The van der Waals surface area contributed by atoms with E-state index in [-0.39, 0.29) is 35.6 Å². The Morgan fingerprint density at radius 1 is 1.42 bits per heavy atom. The van der Waals surface area contributed by atoms with Crippen molar-refractivity contribution >= 4 is 34.2 Å². The van der Waals surface area contributed by atoms with Gasteiger partial charge in [-0.3, -0.25) is 0 Å². The van der Waals surface area contributed by atoms with Crippen LogP contribution in [0.2, 0.25) is 5.02 Å². The first-order valence-corrected chi connectivity index (χ1v) is 9.52. The van der Waals surface area contributed by atoms with Crippen LogP contribution in [0, 0.1) is 5.82 Å². The van der Waals surface area contributed by atoms with Crippen molar-refractivity contribution in [3.05, 3.63) is 34.6 Å². The highest BCUT2D eigenvalue weighted by Gasteiger charge is 2.34. The van der Waals surface area contributed by atoms with Crippen LogP contribution in [-0.2, 0) is 16.8 Å². The molecule has 0 spiro atoms.